The molecule has 2 rings (SSSR count). The smallest absolute Gasteiger partial charge is 0.237 e. The molecule has 1 aromatic heterocycles. The van der Waals surface area contributed by atoms with Gasteiger partial charge in [-0.1, -0.05) is 32.0 Å². The third kappa shape index (κ3) is 3.74. The summed E-state index contributed by atoms with van der Waals surface area (Å²) in [6.07, 6.45) is 3.65. The normalized spacial score (nSPS) is 12.6. The van der Waals surface area contributed by atoms with Crippen molar-refractivity contribution in [3.8, 4) is 5.69 Å². The lowest BCUT2D eigenvalue weighted by atomic mass is 10.0. The number of carbonyl (C=O) groups excluding carboxylic acids is 1. The maximum Gasteiger partial charge on any atom is 0.237 e. The van der Waals surface area contributed by atoms with Gasteiger partial charge in [0.25, 0.3) is 0 Å². The van der Waals surface area contributed by atoms with Crippen molar-refractivity contribution in [2.24, 2.45) is 5.92 Å². The molecule has 5 heteroatoms. The van der Waals surface area contributed by atoms with Gasteiger partial charge in [-0.05, 0) is 37.7 Å². The molecule has 0 saturated carbocycles. The van der Waals surface area contributed by atoms with Crippen LogP contribution in [-0.2, 0) is 11.3 Å². The highest BCUT2D eigenvalue weighted by Gasteiger charge is 2.24. The van der Waals surface area contributed by atoms with Crippen LogP contribution in [0.5, 0.6) is 0 Å². The minimum Gasteiger partial charge on any atom is -0.351 e. The van der Waals surface area contributed by atoms with Crippen molar-refractivity contribution in [1.82, 2.24) is 20.0 Å². The molecule has 1 heterocycles. The SMILES string of the molecule is CC(C)[C@H](C(=O)NCc1ccccc1-n1cccn1)N(C)C. The average Bonchev–Trinajstić information content (AvgIpc) is 2.98. The molecule has 1 N–H and O–H groups in total. The van der Waals surface area contributed by atoms with Gasteiger partial charge in [0.05, 0.1) is 11.7 Å². The monoisotopic (exact) mass is 300 g/mol. The van der Waals surface area contributed by atoms with Gasteiger partial charge in [0, 0.05) is 18.9 Å². The topological polar surface area (TPSA) is 50.2 Å². The van der Waals surface area contributed by atoms with E-state index in [0.29, 0.717) is 6.54 Å². The van der Waals surface area contributed by atoms with Crippen LogP contribution in [0.2, 0.25) is 0 Å². The second kappa shape index (κ2) is 7.22. The van der Waals surface area contributed by atoms with Gasteiger partial charge < -0.3 is 5.32 Å². The number of likely N-dealkylation sites (N-methyl/N-ethyl adjacent to an activating group) is 1. The largest absolute Gasteiger partial charge is 0.351 e. The minimum atomic E-state index is -0.128. The van der Waals surface area contributed by atoms with Crippen LogP contribution in [0.25, 0.3) is 5.69 Å². The number of hydrogen-bond acceptors (Lipinski definition) is 3. The van der Waals surface area contributed by atoms with E-state index >= 15 is 0 Å². The van der Waals surface area contributed by atoms with E-state index < -0.39 is 0 Å². The van der Waals surface area contributed by atoms with Crippen LogP contribution in [-0.4, -0.2) is 40.7 Å². The Kier molecular flexibility index (Phi) is 5.33. The minimum absolute atomic E-state index is 0.0512. The van der Waals surface area contributed by atoms with Gasteiger partial charge in [-0.15, -0.1) is 0 Å². The van der Waals surface area contributed by atoms with Crippen molar-refractivity contribution in [2.75, 3.05) is 14.1 Å². The van der Waals surface area contributed by atoms with Crippen molar-refractivity contribution in [3.63, 3.8) is 0 Å². The summed E-state index contributed by atoms with van der Waals surface area (Å²) < 4.78 is 1.81. The molecule has 0 aliphatic carbocycles. The summed E-state index contributed by atoms with van der Waals surface area (Å²) in [6.45, 7) is 4.61. The molecule has 0 radical (unpaired) electrons. The number of para-hydroxylation sites is 1. The maximum atomic E-state index is 12.4. The Hall–Kier alpha value is -2.14. The van der Waals surface area contributed by atoms with Crippen LogP contribution in [0.15, 0.2) is 42.7 Å². The number of amides is 1. The van der Waals surface area contributed by atoms with Crippen molar-refractivity contribution in [3.05, 3.63) is 48.3 Å². The van der Waals surface area contributed by atoms with Crippen molar-refractivity contribution in [2.45, 2.75) is 26.4 Å². The maximum absolute atomic E-state index is 12.4. The molecule has 5 nitrogen and oxygen atoms in total. The van der Waals surface area contributed by atoms with Crippen LogP contribution in [0.1, 0.15) is 19.4 Å². The molecular formula is C17H24N4O. The molecule has 118 valence electrons. The fourth-order valence-corrected chi connectivity index (χ4v) is 2.72. The van der Waals surface area contributed by atoms with E-state index in [1.54, 1.807) is 6.20 Å². The third-order valence-electron chi connectivity index (χ3n) is 3.65. The zero-order valence-corrected chi connectivity index (χ0v) is 13.7. The molecule has 2 aromatic rings. The van der Waals surface area contributed by atoms with E-state index in [0.717, 1.165) is 11.3 Å². The molecule has 0 spiro atoms. The molecule has 0 bridgehead atoms. The fraction of sp³-hybridized carbons (Fsp3) is 0.412. The van der Waals surface area contributed by atoms with Crippen molar-refractivity contribution >= 4 is 5.91 Å². The van der Waals surface area contributed by atoms with Gasteiger partial charge >= 0.3 is 0 Å². The molecule has 0 aliphatic heterocycles. The Bertz CT molecular complexity index is 597. The summed E-state index contributed by atoms with van der Waals surface area (Å²) in [5.74, 6) is 0.312. The lowest BCUT2D eigenvalue weighted by Gasteiger charge is -2.26. The first-order valence-electron chi connectivity index (χ1n) is 7.52. The van der Waals surface area contributed by atoms with E-state index in [4.69, 9.17) is 0 Å². The van der Waals surface area contributed by atoms with Crippen LogP contribution < -0.4 is 5.32 Å². The van der Waals surface area contributed by atoms with Gasteiger partial charge in [0.15, 0.2) is 0 Å². The highest BCUT2D eigenvalue weighted by Crippen LogP contribution is 2.14. The predicted octanol–water partition coefficient (Wildman–Crippen LogP) is 2.07. The first-order chi connectivity index (χ1) is 10.5. The number of hydrogen-bond donors (Lipinski definition) is 1. The van der Waals surface area contributed by atoms with E-state index in [1.165, 1.54) is 0 Å². The van der Waals surface area contributed by atoms with Crippen LogP contribution in [0.4, 0.5) is 0 Å². The van der Waals surface area contributed by atoms with Gasteiger partial charge in [-0.2, -0.15) is 5.10 Å². The molecular weight excluding hydrogens is 276 g/mol. The second-order valence-electron chi connectivity index (χ2n) is 5.95. The summed E-state index contributed by atoms with van der Waals surface area (Å²) in [6, 6.07) is 9.71. The van der Waals surface area contributed by atoms with Gasteiger partial charge in [-0.3, -0.25) is 9.69 Å². The molecule has 1 amide bonds. The molecule has 22 heavy (non-hydrogen) atoms. The summed E-state index contributed by atoms with van der Waals surface area (Å²) in [7, 11) is 3.86. The first kappa shape index (κ1) is 16.2. The zero-order chi connectivity index (χ0) is 16.1. The second-order valence-corrected chi connectivity index (χ2v) is 5.95. The quantitative estimate of drug-likeness (QED) is 0.888. The highest BCUT2D eigenvalue weighted by molar-refractivity contribution is 5.82. The third-order valence-corrected chi connectivity index (χ3v) is 3.65. The van der Waals surface area contributed by atoms with E-state index in [9.17, 15) is 4.79 Å². The summed E-state index contributed by atoms with van der Waals surface area (Å²) >= 11 is 0. The fourth-order valence-electron chi connectivity index (χ4n) is 2.72. The van der Waals surface area contributed by atoms with E-state index in [-0.39, 0.29) is 17.9 Å². The number of benzene rings is 1. The Labute approximate surface area is 131 Å². The van der Waals surface area contributed by atoms with Gasteiger partial charge in [0.1, 0.15) is 0 Å². The molecule has 0 saturated heterocycles. The number of carbonyl (C=O) groups is 1. The Morgan fingerprint density at radius 3 is 2.59 bits per heavy atom. The van der Waals surface area contributed by atoms with Crippen LogP contribution in [0.3, 0.4) is 0 Å². The molecule has 0 unspecified atom stereocenters. The Morgan fingerprint density at radius 1 is 1.27 bits per heavy atom. The lowest BCUT2D eigenvalue weighted by molar-refractivity contribution is -0.127. The number of aromatic nitrogens is 2. The lowest BCUT2D eigenvalue weighted by Crippen LogP contribution is -2.46. The molecule has 1 atom stereocenters. The van der Waals surface area contributed by atoms with E-state index in [1.807, 2.05) is 60.2 Å². The van der Waals surface area contributed by atoms with Crippen molar-refractivity contribution in [1.29, 1.82) is 0 Å². The van der Waals surface area contributed by atoms with Crippen LogP contribution in [0, 0.1) is 5.92 Å². The summed E-state index contributed by atoms with van der Waals surface area (Å²) in [5.41, 5.74) is 2.03. The number of nitrogens with zero attached hydrogens (tertiary/aromatic N) is 3. The predicted molar refractivity (Wildman–Crippen MR) is 87.7 cm³/mol. The zero-order valence-electron chi connectivity index (χ0n) is 13.7. The molecule has 0 aliphatic rings. The highest BCUT2D eigenvalue weighted by atomic mass is 16.2. The van der Waals surface area contributed by atoms with E-state index in [2.05, 4.69) is 24.3 Å². The summed E-state index contributed by atoms with van der Waals surface area (Å²) in [4.78, 5) is 14.4. The van der Waals surface area contributed by atoms with Gasteiger partial charge in [-0.25, -0.2) is 4.68 Å². The molecule has 1 aromatic carbocycles. The number of rotatable bonds is 6. The Morgan fingerprint density at radius 2 is 2.00 bits per heavy atom. The van der Waals surface area contributed by atoms with Crippen LogP contribution >= 0.6 is 0 Å². The first-order valence-corrected chi connectivity index (χ1v) is 7.52. The molecule has 0 fully saturated rings. The average molecular weight is 300 g/mol. The Balaban J connectivity index is 2.11. The summed E-state index contributed by atoms with van der Waals surface area (Å²) in [5, 5.41) is 7.30. The standard InChI is InChI=1S/C17H24N4O/c1-13(2)16(20(3)4)17(22)18-12-14-8-5-6-9-15(14)21-11-7-10-19-21/h5-11,13,16H,12H2,1-4H3,(H,18,22)/t16-/m1/s1. The number of nitrogens with one attached hydrogen (secondary N) is 1. The van der Waals surface area contributed by atoms with Crippen molar-refractivity contribution < 1.29 is 4.79 Å². The van der Waals surface area contributed by atoms with Gasteiger partial charge in [0.2, 0.25) is 5.91 Å².